The standard InChI is InChI=1S/C19H34N4O3.ClH/c1-13(2)17(20)18(25)21-11-16(24)22-9-6-15(7-10-22)19(26)23-8-4-5-14(3)12-23;/h13-15,17H,4-12,20H2,1-3H3,(H,21,25);1H/t14?,17-;/m0./s1. The van der Waals surface area contributed by atoms with Gasteiger partial charge < -0.3 is 20.9 Å². The van der Waals surface area contributed by atoms with E-state index < -0.39 is 6.04 Å². The maximum Gasteiger partial charge on any atom is 0.241 e. The number of rotatable bonds is 5. The van der Waals surface area contributed by atoms with Crippen molar-refractivity contribution in [1.82, 2.24) is 15.1 Å². The van der Waals surface area contributed by atoms with Gasteiger partial charge in [0.2, 0.25) is 17.7 Å². The number of likely N-dealkylation sites (tertiary alicyclic amines) is 2. The molecular formula is C19H35ClN4O3. The number of carbonyl (C=O) groups is 3. The molecule has 27 heavy (non-hydrogen) atoms. The Kier molecular flexibility index (Phi) is 9.53. The first-order chi connectivity index (χ1) is 12.3. The zero-order valence-electron chi connectivity index (χ0n) is 16.8. The number of hydrogen-bond acceptors (Lipinski definition) is 4. The summed E-state index contributed by atoms with van der Waals surface area (Å²) in [6.45, 7) is 8.79. The molecule has 7 nitrogen and oxygen atoms in total. The van der Waals surface area contributed by atoms with Gasteiger partial charge in [-0.25, -0.2) is 0 Å². The number of hydrogen-bond donors (Lipinski definition) is 2. The van der Waals surface area contributed by atoms with Crippen molar-refractivity contribution in [3.8, 4) is 0 Å². The summed E-state index contributed by atoms with van der Waals surface area (Å²) in [6.07, 6.45) is 3.69. The Morgan fingerprint density at radius 1 is 1.07 bits per heavy atom. The third-order valence-electron chi connectivity index (χ3n) is 5.60. The zero-order chi connectivity index (χ0) is 19.3. The van der Waals surface area contributed by atoms with Crippen LogP contribution in [0.2, 0.25) is 0 Å². The lowest BCUT2D eigenvalue weighted by molar-refractivity contribution is -0.142. The van der Waals surface area contributed by atoms with E-state index in [9.17, 15) is 14.4 Å². The van der Waals surface area contributed by atoms with Crippen LogP contribution in [0.4, 0.5) is 0 Å². The first-order valence-corrected chi connectivity index (χ1v) is 9.89. The molecule has 3 amide bonds. The number of nitrogens with two attached hydrogens (primary N) is 1. The van der Waals surface area contributed by atoms with E-state index in [1.54, 1.807) is 4.90 Å². The van der Waals surface area contributed by atoms with Gasteiger partial charge in [-0.2, -0.15) is 0 Å². The van der Waals surface area contributed by atoms with Crippen LogP contribution in [0.15, 0.2) is 0 Å². The molecular weight excluding hydrogens is 368 g/mol. The van der Waals surface area contributed by atoms with Crippen LogP contribution in [-0.4, -0.2) is 66.3 Å². The Bertz CT molecular complexity index is 521. The van der Waals surface area contributed by atoms with Gasteiger partial charge in [0.1, 0.15) is 0 Å². The van der Waals surface area contributed by atoms with Gasteiger partial charge in [-0.1, -0.05) is 20.8 Å². The smallest absolute Gasteiger partial charge is 0.241 e. The van der Waals surface area contributed by atoms with Crippen LogP contribution in [0.1, 0.15) is 46.5 Å². The highest BCUT2D eigenvalue weighted by molar-refractivity contribution is 5.87. The second-order valence-corrected chi connectivity index (χ2v) is 8.17. The first-order valence-electron chi connectivity index (χ1n) is 9.89. The molecule has 0 aromatic heterocycles. The van der Waals surface area contributed by atoms with Crippen LogP contribution in [0.3, 0.4) is 0 Å². The van der Waals surface area contributed by atoms with Crippen molar-refractivity contribution in [1.29, 1.82) is 0 Å². The molecule has 2 heterocycles. The van der Waals surface area contributed by atoms with Crippen LogP contribution in [0.25, 0.3) is 0 Å². The summed E-state index contributed by atoms with van der Waals surface area (Å²) >= 11 is 0. The van der Waals surface area contributed by atoms with Crippen molar-refractivity contribution >= 4 is 30.1 Å². The second-order valence-electron chi connectivity index (χ2n) is 8.17. The topological polar surface area (TPSA) is 95.7 Å². The maximum absolute atomic E-state index is 12.7. The van der Waals surface area contributed by atoms with Crippen molar-refractivity contribution in [2.45, 2.75) is 52.5 Å². The molecule has 2 atom stereocenters. The third-order valence-corrected chi connectivity index (χ3v) is 5.60. The second kappa shape index (κ2) is 10.9. The molecule has 1 unspecified atom stereocenters. The van der Waals surface area contributed by atoms with Gasteiger partial charge in [-0.3, -0.25) is 14.4 Å². The molecule has 2 fully saturated rings. The van der Waals surface area contributed by atoms with E-state index >= 15 is 0 Å². The predicted molar refractivity (Wildman–Crippen MR) is 107 cm³/mol. The summed E-state index contributed by atoms with van der Waals surface area (Å²) in [5.74, 6) is 0.483. The lowest BCUT2D eigenvalue weighted by Crippen LogP contribution is -2.50. The molecule has 2 saturated heterocycles. The molecule has 3 N–H and O–H groups in total. The lowest BCUT2D eigenvalue weighted by Gasteiger charge is -2.37. The molecule has 2 aliphatic rings. The number of nitrogens with zero attached hydrogens (tertiary/aromatic N) is 2. The summed E-state index contributed by atoms with van der Waals surface area (Å²) in [5.41, 5.74) is 5.78. The summed E-state index contributed by atoms with van der Waals surface area (Å²) in [4.78, 5) is 40.6. The minimum absolute atomic E-state index is 0. The first kappa shape index (κ1) is 23.7. The predicted octanol–water partition coefficient (Wildman–Crippen LogP) is 1.00. The van der Waals surface area contributed by atoms with Crippen molar-refractivity contribution in [2.24, 2.45) is 23.5 Å². The quantitative estimate of drug-likeness (QED) is 0.717. The zero-order valence-corrected chi connectivity index (χ0v) is 17.6. The van der Waals surface area contributed by atoms with E-state index in [0.29, 0.717) is 31.8 Å². The van der Waals surface area contributed by atoms with Gasteiger partial charge in [-0.15, -0.1) is 12.4 Å². The number of carbonyl (C=O) groups excluding carboxylic acids is 3. The highest BCUT2D eigenvalue weighted by Gasteiger charge is 2.31. The molecule has 0 saturated carbocycles. The van der Waals surface area contributed by atoms with Crippen molar-refractivity contribution in [3.63, 3.8) is 0 Å². The maximum atomic E-state index is 12.7. The number of piperidine rings is 2. The summed E-state index contributed by atoms with van der Waals surface area (Å²) in [6, 6.07) is -0.599. The molecule has 0 spiro atoms. The molecule has 0 aromatic carbocycles. The Labute approximate surface area is 168 Å². The highest BCUT2D eigenvalue weighted by atomic mass is 35.5. The molecule has 8 heteroatoms. The van der Waals surface area contributed by atoms with Crippen LogP contribution in [0.5, 0.6) is 0 Å². The number of halogens is 1. The Morgan fingerprint density at radius 3 is 2.26 bits per heavy atom. The van der Waals surface area contributed by atoms with E-state index in [4.69, 9.17) is 5.73 Å². The van der Waals surface area contributed by atoms with Gasteiger partial charge in [0.25, 0.3) is 0 Å². The van der Waals surface area contributed by atoms with Crippen LogP contribution in [0, 0.1) is 17.8 Å². The summed E-state index contributed by atoms with van der Waals surface area (Å²) in [5, 5.41) is 2.62. The van der Waals surface area contributed by atoms with E-state index in [2.05, 4.69) is 12.2 Å². The fourth-order valence-corrected chi connectivity index (χ4v) is 3.72. The normalized spacial score (nSPS) is 22.2. The summed E-state index contributed by atoms with van der Waals surface area (Å²) in [7, 11) is 0. The molecule has 0 aromatic rings. The van der Waals surface area contributed by atoms with Crippen molar-refractivity contribution in [2.75, 3.05) is 32.7 Å². The minimum atomic E-state index is -0.599. The van der Waals surface area contributed by atoms with Crippen LogP contribution >= 0.6 is 12.4 Å². The molecule has 2 rings (SSSR count). The van der Waals surface area contributed by atoms with E-state index in [-0.39, 0.29) is 48.5 Å². The van der Waals surface area contributed by atoms with Gasteiger partial charge >= 0.3 is 0 Å². The van der Waals surface area contributed by atoms with Crippen molar-refractivity contribution < 1.29 is 14.4 Å². The SMILES string of the molecule is CC1CCCN(C(=O)C2CCN(C(=O)CNC(=O)[C@@H](N)C(C)C)CC2)C1.Cl. The van der Waals surface area contributed by atoms with Crippen molar-refractivity contribution in [3.05, 3.63) is 0 Å². The monoisotopic (exact) mass is 402 g/mol. The van der Waals surface area contributed by atoms with Gasteiger partial charge in [-0.05, 0) is 37.5 Å². The van der Waals surface area contributed by atoms with Gasteiger partial charge in [0.15, 0.2) is 0 Å². The summed E-state index contributed by atoms with van der Waals surface area (Å²) < 4.78 is 0. The average molecular weight is 403 g/mol. The Hall–Kier alpha value is -1.34. The average Bonchev–Trinajstić information content (AvgIpc) is 2.64. The lowest BCUT2D eigenvalue weighted by atomic mass is 9.92. The Morgan fingerprint density at radius 2 is 1.70 bits per heavy atom. The molecule has 156 valence electrons. The molecule has 2 aliphatic heterocycles. The Balaban J connectivity index is 0.00000364. The van der Waals surface area contributed by atoms with Crippen LogP contribution < -0.4 is 11.1 Å². The van der Waals surface area contributed by atoms with E-state index in [1.807, 2.05) is 18.7 Å². The molecule has 0 radical (unpaired) electrons. The highest BCUT2D eigenvalue weighted by Crippen LogP contribution is 2.23. The fourth-order valence-electron chi connectivity index (χ4n) is 3.72. The largest absolute Gasteiger partial charge is 0.346 e. The van der Waals surface area contributed by atoms with E-state index in [1.165, 1.54) is 6.42 Å². The molecule has 0 aliphatic carbocycles. The number of nitrogens with one attached hydrogen (secondary N) is 1. The third kappa shape index (κ3) is 6.64. The van der Waals surface area contributed by atoms with Crippen LogP contribution in [-0.2, 0) is 14.4 Å². The molecule has 0 bridgehead atoms. The fraction of sp³-hybridized carbons (Fsp3) is 0.842. The van der Waals surface area contributed by atoms with E-state index in [0.717, 1.165) is 19.5 Å². The van der Waals surface area contributed by atoms with Gasteiger partial charge in [0.05, 0.1) is 12.6 Å². The number of amides is 3. The minimum Gasteiger partial charge on any atom is -0.346 e. The van der Waals surface area contributed by atoms with Gasteiger partial charge in [0, 0.05) is 32.1 Å².